The number of benzene rings is 2. The normalized spacial score (nSPS) is 13.8. The Bertz CT molecular complexity index is 1080. The van der Waals surface area contributed by atoms with Gasteiger partial charge in [0, 0.05) is 5.69 Å². The summed E-state index contributed by atoms with van der Waals surface area (Å²) < 4.78 is 5.10. The van der Waals surface area contributed by atoms with Crippen LogP contribution in [0.25, 0.3) is 0 Å². The Morgan fingerprint density at radius 2 is 1.70 bits per heavy atom. The zero-order valence-electron chi connectivity index (χ0n) is 16.0. The molecule has 8 nitrogen and oxygen atoms in total. The Morgan fingerprint density at radius 3 is 2.30 bits per heavy atom. The van der Waals surface area contributed by atoms with E-state index in [0.717, 1.165) is 4.90 Å². The van der Waals surface area contributed by atoms with Gasteiger partial charge < -0.3 is 15.2 Å². The second kappa shape index (κ2) is 8.38. The Hall–Kier alpha value is -3.65. The Morgan fingerprint density at radius 1 is 1.03 bits per heavy atom. The van der Waals surface area contributed by atoms with Crippen molar-refractivity contribution in [1.29, 1.82) is 0 Å². The van der Waals surface area contributed by atoms with Crippen molar-refractivity contribution in [3.05, 3.63) is 70.4 Å². The van der Waals surface area contributed by atoms with Gasteiger partial charge in [-0.15, -0.1) is 0 Å². The van der Waals surface area contributed by atoms with E-state index in [1.807, 2.05) is 0 Å². The highest BCUT2D eigenvalue weighted by Gasteiger charge is 2.39. The number of amides is 2. The Kier molecular flexibility index (Phi) is 5.89. The maximum absolute atomic E-state index is 12.8. The first-order valence-corrected chi connectivity index (χ1v) is 9.27. The van der Waals surface area contributed by atoms with Crippen LogP contribution in [0.3, 0.4) is 0 Å². The fourth-order valence-corrected chi connectivity index (χ4v) is 2.96. The number of imide groups is 1. The summed E-state index contributed by atoms with van der Waals surface area (Å²) >= 11 is 6.07. The molecule has 154 valence electrons. The molecule has 2 N–H and O–H groups in total. The number of halogens is 1. The molecule has 0 spiro atoms. The van der Waals surface area contributed by atoms with E-state index in [-0.39, 0.29) is 39.3 Å². The molecule has 2 amide bonds. The maximum Gasteiger partial charge on any atom is 0.338 e. The molecular weight excluding hydrogens is 412 g/mol. The van der Waals surface area contributed by atoms with Crippen LogP contribution >= 0.6 is 11.6 Å². The molecule has 0 saturated carbocycles. The van der Waals surface area contributed by atoms with Crippen LogP contribution in [0, 0.1) is 0 Å². The molecule has 1 heterocycles. The minimum atomic E-state index is -1.13. The van der Waals surface area contributed by atoms with E-state index < -0.39 is 23.8 Å². The van der Waals surface area contributed by atoms with E-state index in [1.165, 1.54) is 42.5 Å². The maximum atomic E-state index is 12.8. The molecule has 1 aliphatic heterocycles. The average molecular weight is 429 g/mol. The van der Waals surface area contributed by atoms with E-state index in [4.69, 9.17) is 21.4 Å². The van der Waals surface area contributed by atoms with E-state index in [1.54, 1.807) is 19.9 Å². The van der Waals surface area contributed by atoms with Crippen molar-refractivity contribution >= 4 is 46.7 Å². The monoisotopic (exact) mass is 428 g/mol. The Labute approximate surface area is 176 Å². The number of carboxylic acids is 1. The van der Waals surface area contributed by atoms with Crippen molar-refractivity contribution in [2.24, 2.45) is 0 Å². The molecular formula is C21H17ClN2O6. The van der Waals surface area contributed by atoms with E-state index >= 15 is 0 Å². The molecule has 0 aliphatic carbocycles. The van der Waals surface area contributed by atoms with Crippen LogP contribution in [0.15, 0.2) is 59.3 Å². The average Bonchev–Trinajstić information content (AvgIpc) is 2.91. The number of hydrogen-bond donors (Lipinski definition) is 2. The molecule has 0 atom stereocenters. The van der Waals surface area contributed by atoms with Crippen molar-refractivity contribution in [2.45, 2.75) is 20.0 Å². The summed E-state index contributed by atoms with van der Waals surface area (Å²) in [6.07, 6.45) is -0.282. The summed E-state index contributed by atoms with van der Waals surface area (Å²) in [6, 6.07) is 11.5. The van der Waals surface area contributed by atoms with Gasteiger partial charge in [0.15, 0.2) is 0 Å². The minimum absolute atomic E-state index is 0.00854. The van der Waals surface area contributed by atoms with Crippen molar-refractivity contribution in [3.63, 3.8) is 0 Å². The van der Waals surface area contributed by atoms with E-state index in [9.17, 15) is 19.2 Å². The molecule has 9 heteroatoms. The number of nitrogens with one attached hydrogen (secondary N) is 1. The summed E-state index contributed by atoms with van der Waals surface area (Å²) in [5.74, 6) is -3.10. The molecule has 1 aliphatic rings. The number of esters is 1. The predicted molar refractivity (Wildman–Crippen MR) is 109 cm³/mol. The van der Waals surface area contributed by atoms with Crippen molar-refractivity contribution in [1.82, 2.24) is 0 Å². The second-order valence-electron chi connectivity index (χ2n) is 6.65. The third-order valence-corrected chi connectivity index (χ3v) is 4.46. The van der Waals surface area contributed by atoms with E-state index in [0.29, 0.717) is 0 Å². The van der Waals surface area contributed by atoms with Crippen molar-refractivity contribution < 1.29 is 29.0 Å². The molecule has 0 bridgehead atoms. The lowest BCUT2D eigenvalue weighted by Crippen LogP contribution is -2.32. The highest BCUT2D eigenvalue weighted by Crippen LogP contribution is 2.30. The summed E-state index contributed by atoms with van der Waals surface area (Å²) in [5, 5.41) is 11.5. The topological polar surface area (TPSA) is 113 Å². The van der Waals surface area contributed by atoms with Crippen LogP contribution < -0.4 is 10.2 Å². The second-order valence-corrected chi connectivity index (χ2v) is 7.02. The van der Waals surface area contributed by atoms with Gasteiger partial charge in [0.25, 0.3) is 11.8 Å². The van der Waals surface area contributed by atoms with Gasteiger partial charge >= 0.3 is 11.9 Å². The lowest BCUT2D eigenvalue weighted by atomic mass is 10.2. The van der Waals surface area contributed by atoms with Gasteiger partial charge in [-0.1, -0.05) is 17.7 Å². The molecule has 0 fully saturated rings. The quantitative estimate of drug-likeness (QED) is 0.535. The lowest BCUT2D eigenvalue weighted by molar-refractivity contribution is -0.120. The molecule has 2 aromatic carbocycles. The van der Waals surface area contributed by atoms with Crippen LogP contribution in [0.1, 0.15) is 34.6 Å². The van der Waals surface area contributed by atoms with Crippen LogP contribution in [0.4, 0.5) is 11.4 Å². The van der Waals surface area contributed by atoms with Gasteiger partial charge in [0.05, 0.1) is 22.9 Å². The first kappa shape index (κ1) is 21.1. The highest BCUT2D eigenvalue weighted by atomic mass is 35.5. The smallest absolute Gasteiger partial charge is 0.338 e. The molecule has 30 heavy (non-hydrogen) atoms. The number of carbonyl (C=O) groups excluding carboxylic acids is 3. The Balaban J connectivity index is 1.82. The largest absolute Gasteiger partial charge is 0.478 e. The van der Waals surface area contributed by atoms with Gasteiger partial charge in [-0.3, -0.25) is 9.59 Å². The SMILES string of the molecule is CC(C)OC(=O)c1ccc(N2C(=O)C(Cl)=C(Nc3cccc(C(=O)O)c3)C2=O)cc1. The molecule has 0 unspecified atom stereocenters. The third kappa shape index (κ3) is 4.18. The lowest BCUT2D eigenvalue weighted by Gasteiger charge is -2.16. The fourth-order valence-electron chi connectivity index (χ4n) is 2.75. The number of ether oxygens (including phenoxy) is 1. The van der Waals surface area contributed by atoms with Crippen molar-refractivity contribution in [3.8, 4) is 0 Å². The summed E-state index contributed by atoms with van der Waals surface area (Å²) in [4.78, 5) is 49.3. The zero-order chi connectivity index (χ0) is 22.0. The number of carbonyl (C=O) groups is 4. The van der Waals surface area contributed by atoms with Gasteiger partial charge in [-0.2, -0.15) is 0 Å². The first-order valence-electron chi connectivity index (χ1n) is 8.89. The number of nitrogens with zero attached hydrogens (tertiary/aromatic N) is 1. The molecule has 3 rings (SSSR count). The summed E-state index contributed by atoms with van der Waals surface area (Å²) in [7, 11) is 0. The number of anilines is 2. The van der Waals surface area contributed by atoms with E-state index in [2.05, 4.69) is 5.32 Å². The molecule has 0 aromatic heterocycles. The van der Waals surface area contributed by atoms with Gasteiger partial charge in [0.1, 0.15) is 10.7 Å². The van der Waals surface area contributed by atoms with Gasteiger partial charge in [0.2, 0.25) is 0 Å². The highest BCUT2D eigenvalue weighted by molar-refractivity contribution is 6.53. The van der Waals surface area contributed by atoms with Crippen LogP contribution in [-0.2, 0) is 14.3 Å². The summed E-state index contributed by atoms with van der Waals surface area (Å²) in [6.45, 7) is 3.45. The number of hydrogen-bond acceptors (Lipinski definition) is 6. The third-order valence-electron chi connectivity index (χ3n) is 4.11. The fraction of sp³-hybridized carbons (Fsp3) is 0.143. The van der Waals surface area contributed by atoms with Crippen LogP contribution in [0.2, 0.25) is 0 Å². The predicted octanol–water partition coefficient (Wildman–Crippen LogP) is 3.39. The van der Waals surface area contributed by atoms with Gasteiger partial charge in [-0.25, -0.2) is 14.5 Å². The first-order chi connectivity index (χ1) is 14.2. The summed E-state index contributed by atoms with van der Waals surface area (Å²) in [5.41, 5.74) is 0.620. The molecule has 2 aromatic rings. The van der Waals surface area contributed by atoms with Crippen LogP contribution in [-0.4, -0.2) is 35.0 Å². The number of rotatable bonds is 6. The van der Waals surface area contributed by atoms with Crippen LogP contribution in [0.5, 0.6) is 0 Å². The molecule has 0 radical (unpaired) electrons. The molecule has 0 saturated heterocycles. The number of carboxylic acid groups (broad SMARTS) is 1. The minimum Gasteiger partial charge on any atom is -0.478 e. The number of aromatic carboxylic acids is 1. The van der Waals surface area contributed by atoms with Gasteiger partial charge in [-0.05, 0) is 56.3 Å². The zero-order valence-corrected chi connectivity index (χ0v) is 16.8. The van der Waals surface area contributed by atoms with Crippen molar-refractivity contribution in [2.75, 3.05) is 10.2 Å². The standard InChI is InChI=1S/C21H17ClN2O6/c1-11(2)30-21(29)12-6-8-15(9-7-12)24-18(25)16(22)17(19(24)26)23-14-5-3-4-13(10-14)20(27)28/h3-11,23H,1-2H3,(H,27,28).